The van der Waals surface area contributed by atoms with Gasteiger partial charge in [0.05, 0.1) is 11.3 Å². The van der Waals surface area contributed by atoms with Gasteiger partial charge in [0.2, 0.25) is 0 Å². The number of pyridine rings is 2. The second-order valence-electron chi connectivity index (χ2n) is 8.80. The molecular weight excluding hydrogens is 530 g/mol. The van der Waals surface area contributed by atoms with Gasteiger partial charge in [-0.05, 0) is 60.7 Å². The standard InChI is InChI=1S/C26H29F4N3O2S.ClH/c1-4-5-6-7-9-17(2)20-10-8-15-31-25(20)36(34,35)33-23-14-13-22(26(28,29)30)24(32-23)21-16-19(27)12-11-18(21)3;/h8,10-17H,4-7,9H2,1-3H3,(H,32,33);1H. The van der Waals surface area contributed by atoms with Crippen molar-refractivity contribution in [3.63, 3.8) is 0 Å². The smallest absolute Gasteiger partial charge is 0.262 e. The molecule has 0 amide bonds. The normalized spacial score (nSPS) is 12.6. The minimum absolute atomic E-state index is 0. The van der Waals surface area contributed by atoms with Crippen LogP contribution in [0.5, 0.6) is 0 Å². The molecule has 1 unspecified atom stereocenters. The van der Waals surface area contributed by atoms with E-state index >= 15 is 0 Å². The summed E-state index contributed by atoms with van der Waals surface area (Å²) >= 11 is 0. The number of hydrogen-bond acceptors (Lipinski definition) is 4. The second-order valence-corrected chi connectivity index (χ2v) is 10.4. The van der Waals surface area contributed by atoms with Gasteiger partial charge in [0, 0.05) is 11.8 Å². The van der Waals surface area contributed by atoms with Crippen molar-refractivity contribution in [3.05, 3.63) is 71.2 Å². The van der Waals surface area contributed by atoms with Gasteiger partial charge in [-0.3, -0.25) is 4.72 Å². The van der Waals surface area contributed by atoms with Crippen molar-refractivity contribution in [2.75, 3.05) is 4.72 Å². The van der Waals surface area contributed by atoms with Crippen LogP contribution in [0, 0.1) is 12.7 Å². The molecule has 1 aromatic carbocycles. The Hall–Kier alpha value is -2.72. The van der Waals surface area contributed by atoms with Crippen LogP contribution in [0.4, 0.5) is 23.4 Å². The van der Waals surface area contributed by atoms with Crippen molar-refractivity contribution < 1.29 is 26.0 Å². The van der Waals surface area contributed by atoms with Gasteiger partial charge in [-0.15, -0.1) is 12.4 Å². The number of aryl methyl sites for hydroxylation is 1. The highest BCUT2D eigenvalue weighted by Gasteiger charge is 2.35. The second kappa shape index (κ2) is 12.7. The summed E-state index contributed by atoms with van der Waals surface area (Å²) in [5.74, 6) is -1.15. The Morgan fingerprint density at radius 1 is 1.05 bits per heavy atom. The third-order valence-corrected chi connectivity index (χ3v) is 7.30. The van der Waals surface area contributed by atoms with Gasteiger partial charge in [0.25, 0.3) is 10.0 Å². The van der Waals surface area contributed by atoms with Crippen molar-refractivity contribution in [2.45, 2.75) is 70.0 Å². The van der Waals surface area contributed by atoms with E-state index in [2.05, 4.69) is 21.6 Å². The number of halogens is 5. The van der Waals surface area contributed by atoms with Gasteiger partial charge < -0.3 is 0 Å². The van der Waals surface area contributed by atoms with Gasteiger partial charge in [0.1, 0.15) is 11.6 Å². The highest BCUT2D eigenvalue weighted by atomic mass is 35.5. The molecule has 3 rings (SSSR count). The molecule has 202 valence electrons. The van der Waals surface area contributed by atoms with E-state index in [0.29, 0.717) is 11.1 Å². The lowest BCUT2D eigenvalue weighted by molar-refractivity contribution is -0.137. The molecule has 0 fully saturated rings. The van der Waals surface area contributed by atoms with E-state index < -0.39 is 33.3 Å². The average Bonchev–Trinajstić information content (AvgIpc) is 2.82. The van der Waals surface area contributed by atoms with E-state index in [-0.39, 0.29) is 34.7 Å². The lowest BCUT2D eigenvalue weighted by atomic mass is 9.96. The zero-order valence-electron chi connectivity index (χ0n) is 20.8. The lowest BCUT2D eigenvalue weighted by Gasteiger charge is -2.18. The maximum atomic E-state index is 13.9. The van der Waals surface area contributed by atoms with Gasteiger partial charge in [-0.25, -0.2) is 14.4 Å². The third kappa shape index (κ3) is 7.64. The number of rotatable bonds is 10. The summed E-state index contributed by atoms with van der Waals surface area (Å²) in [6, 6.07) is 8.43. The molecule has 0 radical (unpaired) electrons. The van der Waals surface area contributed by atoms with E-state index in [0.717, 1.165) is 56.4 Å². The van der Waals surface area contributed by atoms with Crippen molar-refractivity contribution >= 4 is 28.2 Å². The van der Waals surface area contributed by atoms with Crippen LogP contribution in [0.25, 0.3) is 11.3 Å². The van der Waals surface area contributed by atoms with E-state index in [9.17, 15) is 26.0 Å². The summed E-state index contributed by atoms with van der Waals surface area (Å²) in [6.45, 7) is 5.55. The van der Waals surface area contributed by atoms with Crippen molar-refractivity contribution in [1.29, 1.82) is 0 Å². The predicted molar refractivity (Wildman–Crippen MR) is 139 cm³/mol. The number of anilines is 1. The van der Waals surface area contributed by atoms with Crippen LogP contribution in [0.3, 0.4) is 0 Å². The number of nitrogens with zero attached hydrogens (tertiary/aromatic N) is 2. The Bertz CT molecular complexity index is 1320. The van der Waals surface area contributed by atoms with Crippen molar-refractivity contribution in [3.8, 4) is 11.3 Å². The number of alkyl halides is 3. The van der Waals surface area contributed by atoms with E-state index in [4.69, 9.17) is 0 Å². The van der Waals surface area contributed by atoms with Gasteiger partial charge in [0.15, 0.2) is 5.03 Å². The molecule has 3 aromatic rings. The molecule has 1 N–H and O–H groups in total. The van der Waals surface area contributed by atoms with Crippen LogP contribution in [0.1, 0.15) is 68.6 Å². The van der Waals surface area contributed by atoms with E-state index in [1.807, 2.05) is 6.92 Å². The maximum absolute atomic E-state index is 13.9. The van der Waals surface area contributed by atoms with Gasteiger partial charge >= 0.3 is 6.18 Å². The molecule has 2 heterocycles. The molecule has 0 aliphatic carbocycles. The first-order chi connectivity index (χ1) is 16.9. The Balaban J connectivity index is 0.00000481. The molecule has 0 aliphatic heterocycles. The first-order valence-electron chi connectivity index (χ1n) is 11.8. The molecule has 0 saturated carbocycles. The van der Waals surface area contributed by atoms with Crippen LogP contribution in [-0.4, -0.2) is 18.4 Å². The number of benzene rings is 1. The first kappa shape index (κ1) is 30.5. The van der Waals surface area contributed by atoms with Crippen molar-refractivity contribution in [2.24, 2.45) is 0 Å². The minimum atomic E-state index is -4.78. The quantitative estimate of drug-likeness (QED) is 0.202. The van der Waals surface area contributed by atoms with Crippen LogP contribution < -0.4 is 4.72 Å². The summed E-state index contributed by atoms with van der Waals surface area (Å²) in [6.07, 6.45) is 1.51. The summed E-state index contributed by atoms with van der Waals surface area (Å²) in [4.78, 5) is 8.03. The fourth-order valence-corrected chi connectivity index (χ4v) is 5.29. The largest absolute Gasteiger partial charge is 0.418 e. The molecule has 37 heavy (non-hydrogen) atoms. The monoisotopic (exact) mass is 559 g/mol. The minimum Gasteiger partial charge on any atom is -0.262 e. The summed E-state index contributed by atoms with van der Waals surface area (Å²) in [7, 11) is -4.27. The Morgan fingerprint density at radius 2 is 1.78 bits per heavy atom. The molecule has 0 aliphatic rings. The van der Waals surface area contributed by atoms with Crippen molar-refractivity contribution in [1.82, 2.24) is 9.97 Å². The molecule has 5 nitrogen and oxygen atoms in total. The van der Waals surface area contributed by atoms with Gasteiger partial charge in [-0.1, -0.05) is 51.7 Å². The maximum Gasteiger partial charge on any atom is 0.418 e. The number of hydrogen-bond donors (Lipinski definition) is 1. The SMILES string of the molecule is CCCCCCC(C)c1cccnc1S(=O)(=O)Nc1ccc(C(F)(F)F)c(-c2cc(F)ccc2C)n1.Cl. The third-order valence-electron chi connectivity index (χ3n) is 5.97. The highest BCUT2D eigenvalue weighted by Crippen LogP contribution is 2.38. The predicted octanol–water partition coefficient (Wildman–Crippen LogP) is 7.91. The van der Waals surface area contributed by atoms with Crippen LogP contribution in [-0.2, 0) is 16.2 Å². The number of sulfonamides is 1. The van der Waals surface area contributed by atoms with E-state index in [1.165, 1.54) is 19.2 Å². The topological polar surface area (TPSA) is 72.0 Å². The fraction of sp³-hybridized carbons (Fsp3) is 0.385. The number of unbranched alkanes of at least 4 members (excludes halogenated alkanes) is 3. The zero-order valence-corrected chi connectivity index (χ0v) is 22.4. The number of nitrogens with one attached hydrogen (secondary N) is 1. The van der Waals surface area contributed by atoms with Crippen LogP contribution in [0.2, 0.25) is 0 Å². The fourth-order valence-electron chi connectivity index (χ4n) is 4.02. The summed E-state index contributed by atoms with van der Waals surface area (Å²) in [5, 5.41) is -0.196. The molecule has 0 bridgehead atoms. The van der Waals surface area contributed by atoms with E-state index in [1.54, 1.807) is 12.1 Å². The highest BCUT2D eigenvalue weighted by molar-refractivity contribution is 7.92. The van der Waals surface area contributed by atoms with Crippen LogP contribution in [0.15, 0.2) is 53.7 Å². The average molecular weight is 560 g/mol. The van der Waals surface area contributed by atoms with Crippen LogP contribution >= 0.6 is 12.4 Å². The molecular formula is C26H30ClF4N3O2S. The lowest BCUT2D eigenvalue weighted by Crippen LogP contribution is -2.19. The van der Waals surface area contributed by atoms with Gasteiger partial charge in [-0.2, -0.15) is 21.6 Å². The number of aromatic nitrogens is 2. The molecule has 0 spiro atoms. The molecule has 2 aromatic heterocycles. The zero-order chi connectivity index (χ0) is 26.5. The molecule has 1 atom stereocenters. The molecule has 11 heteroatoms. The summed E-state index contributed by atoms with van der Waals surface area (Å²) in [5.41, 5.74) is -0.862. The Morgan fingerprint density at radius 3 is 2.46 bits per heavy atom. The molecule has 0 saturated heterocycles. The summed E-state index contributed by atoms with van der Waals surface area (Å²) < 4.78 is 83.8. The first-order valence-corrected chi connectivity index (χ1v) is 13.2. The Labute approximate surface area is 221 Å². The Kier molecular flexibility index (Phi) is 10.5.